The van der Waals surface area contributed by atoms with Gasteiger partial charge in [-0.1, -0.05) is 45.0 Å². The van der Waals surface area contributed by atoms with Gasteiger partial charge >= 0.3 is 0 Å². The molecule has 1 N–H and O–H groups in total. The molecule has 1 aromatic rings. The Balaban J connectivity index is 1.45. The zero-order chi connectivity index (χ0) is 21.7. The van der Waals surface area contributed by atoms with Gasteiger partial charge in [-0.2, -0.15) is 0 Å². The zero-order valence-electron chi connectivity index (χ0n) is 18.9. The van der Waals surface area contributed by atoms with Gasteiger partial charge in [-0.3, -0.25) is 14.5 Å². The maximum atomic E-state index is 12.6. The van der Waals surface area contributed by atoms with Crippen molar-refractivity contribution in [3.8, 4) is 0 Å². The molecule has 6 nitrogen and oxygen atoms in total. The summed E-state index contributed by atoms with van der Waals surface area (Å²) in [5, 5.41) is 3.10. The molecule has 2 aliphatic heterocycles. The van der Waals surface area contributed by atoms with Gasteiger partial charge in [0.05, 0.1) is 12.7 Å². The highest BCUT2D eigenvalue weighted by Crippen LogP contribution is 2.23. The molecule has 0 radical (unpaired) electrons. The number of piperidine rings is 1. The summed E-state index contributed by atoms with van der Waals surface area (Å²) in [5.74, 6) is 0.269. The molecular formula is C24H37N3O3. The third-order valence-corrected chi connectivity index (χ3v) is 5.98. The highest BCUT2D eigenvalue weighted by Gasteiger charge is 2.32. The van der Waals surface area contributed by atoms with Gasteiger partial charge in [0.2, 0.25) is 11.8 Å². The van der Waals surface area contributed by atoms with Crippen LogP contribution < -0.4 is 5.32 Å². The maximum Gasteiger partial charge on any atom is 0.227 e. The van der Waals surface area contributed by atoms with Crippen molar-refractivity contribution in [3.63, 3.8) is 0 Å². The molecule has 1 unspecified atom stereocenters. The van der Waals surface area contributed by atoms with Crippen molar-refractivity contribution >= 4 is 11.8 Å². The minimum Gasteiger partial charge on any atom is -0.376 e. The number of carbonyl (C=O) groups excluding carboxylic acids is 2. The Hall–Kier alpha value is -1.92. The summed E-state index contributed by atoms with van der Waals surface area (Å²) in [6.45, 7) is 13.5. The summed E-state index contributed by atoms with van der Waals surface area (Å²) < 4.78 is 5.62. The van der Waals surface area contributed by atoms with Crippen molar-refractivity contribution in [2.24, 2.45) is 11.3 Å². The summed E-state index contributed by atoms with van der Waals surface area (Å²) in [6.07, 6.45) is 1.76. The molecule has 30 heavy (non-hydrogen) atoms. The Morgan fingerprint density at radius 3 is 2.50 bits per heavy atom. The topological polar surface area (TPSA) is 61.9 Å². The first-order chi connectivity index (χ1) is 14.2. The predicted octanol–water partition coefficient (Wildman–Crippen LogP) is 2.81. The molecule has 0 bridgehead atoms. The number of nitrogens with one attached hydrogen (secondary N) is 1. The van der Waals surface area contributed by atoms with Crippen molar-refractivity contribution in [3.05, 3.63) is 35.4 Å². The van der Waals surface area contributed by atoms with Crippen LogP contribution in [-0.4, -0.2) is 60.5 Å². The highest BCUT2D eigenvalue weighted by molar-refractivity contribution is 5.82. The van der Waals surface area contributed by atoms with Crippen LogP contribution in [0.2, 0.25) is 0 Å². The minimum absolute atomic E-state index is 0.00737. The molecule has 2 aliphatic rings. The number of hydrogen-bond donors (Lipinski definition) is 1. The molecule has 1 aromatic carbocycles. The summed E-state index contributed by atoms with van der Waals surface area (Å²) in [7, 11) is 0. The average molecular weight is 416 g/mol. The molecule has 0 aromatic heterocycles. The van der Waals surface area contributed by atoms with Crippen LogP contribution in [-0.2, 0) is 27.4 Å². The highest BCUT2D eigenvalue weighted by atomic mass is 16.5. The molecule has 0 aliphatic carbocycles. The fourth-order valence-electron chi connectivity index (χ4n) is 4.28. The quantitative estimate of drug-likeness (QED) is 0.803. The molecule has 6 heteroatoms. The first kappa shape index (κ1) is 22.8. The number of morpholine rings is 1. The summed E-state index contributed by atoms with van der Waals surface area (Å²) in [5.41, 5.74) is 2.03. The number of likely N-dealkylation sites (tertiary alicyclic amines) is 1. The lowest BCUT2D eigenvalue weighted by molar-refractivity contribution is -0.142. The second kappa shape index (κ2) is 9.92. The number of nitrogens with zero attached hydrogens (tertiary/aromatic N) is 2. The summed E-state index contributed by atoms with van der Waals surface area (Å²) >= 11 is 0. The number of carbonyl (C=O) groups is 2. The molecule has 2 amide bonds. The number of rotatable bonds is 5. The maximum absolute atomic E-state index is 12.6. The first-order valence-electron chi connectivity index (χ1n) is 11.2. The summed E-state index contributed by atoms with van der Waals surface area (Å²) in [4.78, 5) is 29.4. The van der Waals surface area contributed by atoms with E-state index in [1.807, 2.05) is 25.7 Å². The van der Waals surface area contributed by atoms with Crippen molar-refractivity contribution in [1.82, 2.24) is 15.1 Å². The zero-order valence-corrected chi connectivity index (χ0v) is 18.9. The molecule has 0 saturated carbocycles. The lowest BCUT2D eigenvalue weighted by atomic mass is 9.90. The first-order valence-corrected chi connectivity index (χ1v) is 11.2. The Labute approximate surface area is 180 Å². The fourth-order valence-corrected chi connectivity index (χ4v) is 4.28. The van der Waals surface area contributed by atoms with Crippen LogP contribution in [0.25, 0.3) is 0 Å². The van der Waals surface area contributed by atoms with E-state index in [1.54, 1.807) is 0 Å². The Bertz CT molecular complexity index is 735. The van der Waals surface area contributed by atoms with E-state index in [4.69, 9.17) is 4.74 Å². The van der Waals surface area contributed by atoms with Gasteiger partial charge in [0.25, 0.3) is 0 Å². The molecule has 2 heterocycles. The standard InChI is InChI=1S/C24H37N3O3/c1-18-16-26(12-13-30-18)17-20-7-5-6-19(14-20)15-25-22(28)21-8-10-27(11-9-21)23(29)24(2,3)4/h5-7,14,18,21H,8-13,15-17H2,1-4H3,(H,25,28). The summed E-state index contributed by atoms with van der Waals surface area (Å²) in [6, 6.07) is 8.46. The average Bonchev–Trinajstić information content (AvgIpc) is 2.71. The van der Waals surface area contributed by atoms with Gasteiger partial charge in [0, 0.05) is 50.6 Å². The number of amides is 2. The van der Waals surface area contributed by atoms with E-state index >= 15 is 0 Å². The van der Waals surface area contributed by atoms with Gasteiger partial charge in [-0.05, 0) is 30.9 Å². The van der Waals surface area contributed by atoms with Crippen molar-refractivity contribution in [2.45, 2.75) is 59.7 Å². The van der Waals surface area contributed by atoms with Crippen LogP contribution in [0.15, 0.2) is 24.3 Å². The predicted molar refractivity (Wildman–Crippen MR) is 118 cm³/mol. The van der Waals surface area contributed by atoms with Crippen LogP contribution in [0.3, 0.4) is 0 Å². The van der Waals surface area contributed by atoms with Gasteiger partial charge in [0.15, 0.2) is 0 Å². The molecule has 166 valence electrons. The van der Waals surface area contributed by atoms with Crippen molar-refractivity contribution in [1.29, 1.82) is 0 Å². The van der Waals surface area contributed by atoms with Crippen LogP contribution in [0.1, 0.15) is 51.7 Å². The van der Waals surface area contributed by atoms with Gasteiger partial charge in [-0.25, -0.2) is 0 Å². The fraction of sp³-hybridized carbons (Fsp3) is 0.667. The van der Waals surface area contributed by atoms with Gasteiger partial charge in [-0.15, -0.1) is 0 Å². The van der Waals surface area contributed by atoms with Crippen LogP contribution in [0.4, 0.5) is 0 Å². The SMILES string of the molecule is CC1CN(Cc2cccc(CNC(=O)C3CCN(C(=O)C(C)(C)C)CC3)c2)CCO1. The Kier molecular flexibility index (Phi) is 7.53. The second-order valence-corrected chi connectivity index (χ2v) is 9.77. The van der Waals surface area contributed by atoms with E-state index in [0.717, 1.165) is 44.6 Å². The minimum atomic E-state index is -0.362. The number of hydrogen-bond acceptors (Lipinski definition) is 4. The van der Waals surface area contributed by atoms with E-state index in [-0.39, 0.29) is 29.3 Å². The smallest absolute Gasteiger partial charge is 0.227 e. The molecule has 2 fully saturated rings. The van der Waals surface area contributed by atoms with E-state index in [1.165, 1.54) is 5.56 Å². The van der Waals surface area contributed by atoms with Gasteiger partial charge < -0.3 is 15.0 Å². The monoisotopic (exact) mass is 415 g/mol. The molecule has 3 rings (SSSR count). The Morgan fingerprint density at radius 1 is 1.13 bits per heavy atom. The van der Waals surface area contributed by atoms with E-state index < -0.39 is 0 Å². The Morgan fingerprint density at radius 2 is 1.83 bits per heavy atom. The van der Waals surface area contributed by atoms with Crippen molar-refractivity contribution in [2.75, 3.05) is 32.8 Å². The number of ether oxygens (including phenoxy) is 1. The van der Waals surface area contributed by atoms with E-state index in [2.05, 4.69) is 41.4 Å². The second-order valence-electron chi connectivity index (χ2n) is 9.77. The lowest BCUT2D eigenvalue weighted by Gasteiger charge is -2.35. The third kappa shape index (κ3) is 6.29. The normalized spacial score (nSPS) is 21.5. The molecule has 1 atom stereocenters. The van der Waals surface area contributed by atoms with Gasteiger partial charge in [0.1, 0.15) is 0 Å². The third-order valence-electron chi connectivity index (χ3n) is 5.98. The van der Waals surface area contributed by atoms with E-state index in [0.29, 0.717) is 19.6 Å². The molecule has 2 saturated heterocycles. The van der Waals surface area contributed by atoms with Crippen LogP contribution >= 0.6 is 0 Å². The van der Waals surface area contributed by atoms with E-state index in [9.17, 15) is 9.59 Å². The number of benzene rings is 1. The molecular weight excluding hydrogens is 378 g/mol. The largest absolute Gasteiger partial charge is 0.376 e. The van der Waals surface area contributed by atoms with Crippen LogP contribution in [0, 0.1) is 11.3 Å². The lowest BCUT2D eigenvalue weighted by Crippen LogP contribution is -2.46. The van der Waals surface area contributed by atoms with Crippen LogP contribution in [0.5, 0.6) is 0 Å². The molecule has 0 spiro atoms. The van der Waals surface area contributed by atoms with Crippen molar-refractivity contribution < 1.29 is 14.3 Å².